The van der Waals surface area contributed by atoms with E-state index in [9.17, 15) is 9.59 Å². The first-order valence-electron chi connectivity index (χ1n) is 8.54. The van der Waals surface area contributed by atoms with Crippen LogP contribution < -0.4 is 5.56 Å². The number of H-pyrrole nitrogens is 1. The largest absolute Gasteiger partial charge is 0.481 e. The molecule has 0 saturated carbocycles. The fourth-order valence-corrected chi connectivity index (χ4v) is 4.01. The Hall–Kier alpha value is -2.52. The lowest BCUT2D eigenvalue weighted by atomic mass is 10.2. The quantitative estimate of drug-likeness (QED) is 0.704. The van der Waals surface area contributed by atoms with Crippen LogP contribution in [0.25, 0.3) is 10.2 Å². The molecule has 0 atom stereocenters. The number of hydrogen-bond donors (Lipinski definition) is 2. The zero-order chi connectivity index (χ0) is 18.1. The Morgan fingerprint density at radius 3 is 3.12 bits per heavy atom. The zero-order valence-corrected chi connectivity index (χ0v) is 15.0. The first kappa shape index (κ1) is 16.9. The smallest absolute Gasteiger partial charge is 0.303 e. The Balaban J connectivity index is 1.51. The molecule has 0 radical (unpaired) electrons. The number of hydrogen-bond acceptors (Lipinski definition) is 6. The van der Waals surface area contributed by atoms with E-state index in [0.717, 1.165) is 36.4 Å². The molecule has 136 valence electrons. The van der Waals surface area contributed by atoms with Crippen molar-refractivity contribution in [3.63, 3.8) is 0 Å². The number of thiophene rings is 1. The summed E-state index contributed by atoms with van der Waals surface area (Å²) in [6.45, 7) is 2.97. The highest BCUT2D eigenvalue weighted by Gasteiger charge is 2.18. The second-order valence-corrected chi connectivity index (χ2v) is 7.37. The number of nitrogens with one attached hydrogen (secondary N) is 1. The van der Waals surface area contributed by atoms with Gasteiger partial charge in [0.1, 0.15) is 10.5 Å². The van der Waals surface area contributed by atoms with Crippen molar-refractivity contribution in [2.45, 2.75) is 38.9 Å². The lowest BCUT2D eigenvalue weighted by Gasteiger charge is -2.18. The number of rotatable bonds is 5. The molecule has 3 aromatic heterocycles. The van der Waals surface area contributed by atoms with Gasteiger partial charge in [-0.3, -0.25) is 19.2 Å². The fourth-order valence-electron chi connectivity index (χ4n) is 3.29. The van der Waals surface area contributed by atoms with Crippen molar-refractivity contribution in [2.75, 3.05) is 6.54 Å². The molecule has 2 N–H and O–H groups in total. The van der Waals surface area contributed by atoms with Crippen LogP contribution in [0.2, 0.25) is 0 Å². The van der Waals surface area contributed by atoms with Crippen molar-refractivity contribution < 1.29 is 9.90 Å². The minimum atomic E-state index is -0.811. The number of aromatic nitrogens is 4. The van der Waals surface area contributed by atoms with E-state index in [-0.39, 0.29) is 12.0 Å². The minimum Gasteiger partial charge on any atom is -0.481 e. The van der Waals surface area contributed by atoms with E-state index in [4.69, 9.17) is 5.11 Å². The molecule has 0 amide bonds. The summed E-state index contributed by atoms with van der Waals surface area (Å²) in [5.41, 5.74) is 2.54. The summed E-state index contributed by atoms with van der Waals surface area (Å²) < 4.78 is 2.63. The van der Waals surface area contributed by atoms with Crippen molar-refractivity contribution in [3.8, 4) is 0 Å². The Morgan fingerprint density at radius 2 is 2.27 bits per heavy atom. The highest BCUT2D eigenvalue weighted by Crippen LogP contribution is 2.18. The molecule has 4 rings (SSSR count). The molecule has 1 aliphatic heterocycles. The summed E-state index contributed by atoms with van der Waals surface area (Å²) in [7, 11) is 0. The van der Waals surface area contributed by atoms with Gasteiger partial charge in [0.25, 0.3) is 5.56 Å². The third-order valence-corrected chi connectivity index (χ3v) is 5.38. The molecule has 1 aliphatic rings. The van der Waals surface area contributed by atoms with Crippen LogP contribution in [-0.4, -0.2) is 42.3 Å². The van der Waals surface area contributed by atoms with Gasteiger partial charge in [-0.2, -0.15) is 5.10 Å². The van der Waals surface area contributed by atoms with Gasteiger partial charge in [-0.15, -0.1) is 11.3 Å². The fraction of sp³-hybridized carbons (Fsp3) is 0.412. The van der Waals surface area contributed by atoms with E-state index in [0.29, 0.717) is 30.0 Å². The van der Waals surface area contributed by atoms with Gasteiger partial charge in [0.05, 0.1) is 29.9 Å². The average Bonchev–Trinajstić information content (AvgIpc) is 3.16. The van der Waals surface area contributed by atoms with Crippen LogP contribution in [0.1, 0.15) is 30.1 Å². The number of nitrogens with zero attached hydrogens (tertiary/aromatic N) is 4. The Morgan fingerprint density at radius 1 is 1.38 bits per heavy atom. The lowest BCUT2D eigenvalue weighted by Crippen LogP contribution is -2.25. The van der Waals surface area contributed by atoms with Crippen molar-refractivity contribution in [3.05, 3.63) is 45.1 Å². The Kier molecular flexibility index (Phi) is 4.56. The van der Waals surface area contributed by atoms with Gasteiger partial charge in [-0.1, -0.05) is 0 Å². The summed E-state index contributed by atoms with van der Waals surface area (Å²) in [5, 5.41) is 15.2. The molecule has 0 fully saturated rings. The van der Waals surface area contributed by atoms with Crippen molar-refractivity contribution >= 4 is 27.5 Å². The van der Waals surface area contributed by atoms with Gasteiger partial charge in [0, 0.05) is 26.1 Å². The first-order chi connectivity index (χ1) is 12.6. The second kappa shape index (κ2) is 7.00. The molecule has 9 heteroatoms. The van der Waals surface area contributed by atoms with Crippen LogP contribution in [-0.2, 0) is 30.8 Å². The summed E-state index contributed by atoms with van der Waals surface area (Å²) in [4.78, 5) is 32.6. The van der Waals surface area contributed by atoms with E-state index in [1.54, 1.807) is 0 Å². The van der Waals surface area contributed by atoms with Crippen molar-refractivity contribution in [2.24, 2.45) is 0 Å². The van der Waals surface area contributed by atoms with Gasteiger partial charge in [0.2, 0.25) is 0 Å². The maximum absolute atomic E-state index is 12.1. The number of aryl methyl sites for hydroxylation is 2. The number of carboxylic acids is 1. The van der Waals surface area contributed by atoms with Crippen LogP contribution in [0.4, 0.5) is 0 Å². The summed E-state index contributed by atoms with van der Waals surface area (Å²) in [6.07, 6.45) is 1.48. The maximum atomic E-state index is 12.1. The van der Waals surface area contributed by atoms with Gasteiger partial charge in [-0.05, 0) is 23.9 Å². The van der Waals surface area contributed by atoms with Gasteiger partial charge in [-0.25, -0.2) is 4.98 Å². The van der Waals surface area contributed by atoms with Crippen LogP contribution in [0, 0.1) is 0 Å². The number of aromatic amines is 1. The molecular formula is C17H19N5O3S. The monoisotopic (exact) mass is 373 g/mol. The third kappa shape index (κ3) is 3.54. The zero-order valence-electron chi connectivity index (χ0n) is 14.1. The van der Waals surface area contributed by atoms with Crippen LogP contribution in [0.5, 0.6) is 0 Å². The van der Waals surface area contributed by atoms with E-state index >= 15 is 0 Å². The third-order valence-electron chi connectivity index (χ3n) is 4.48. The molecular weight excluding hydrogens is 354 g/mol. The van der Waals surface area contributed by atoms with E-state index in [1.807, 2.05) is 22.2 Å². The number of carboxylic acid groups (broad SMARTS) is 1. The molecule has 0 aromatic carbocycles. The molecule has 4 heterocycles. The summed E-state index contributed by atoms with van der Waals surface area (Å²) in [5.74, 6) is -0.145. The Bertz CT molecular complexity index is 1010. The van der Waals surface area contributed by atoms with Gasteiger partial charge < -0.3 is 10.1 Å². The first-order valence-corrected chi connectivity index (χ1v) is 9.42. The normalized spacial score (nSPS) is 15.1. The Labute approximate surface area is 153 Å². The molecule has 0 spiro atoms. The molecule has 0 saturated heterocycles. The summed E-state index contributed by atoms with van der Waals surface area (Å²) >= 11 is 1.40. The molecule has 0 bridgehead atoms. The maximum Gasteiger partial charge on any atom is 0.303 e. The van der Waals surface area contributed by atoms with E-state index < -0.39 is 5.97 Å². The molecule has 0 aliphatic carbocycles. The molecule has 0 unspecified atom stereocenters. The highest BCUT2D eigenvalue weighted by molar-refractivity contribution is 7.17. The van der Waals surface area contributed by atoms with Crippen LogP contribution >= 0.6 is 11.3 Å². The predicted octanol–water partition coefficient (Wildman–Crippen LogP) is 1.60. The lowest BCUT2D eigenvalue weighted by molar-refractivity contribution is -0.136. The topological polar surface area (TPSA) is 104 Å². The number of aliphatic carboxylic acids is 1. The van der Waals surface area contributed by atoms with E-state index in [1.165, 1.54) is 11.3 Å². The van der Waals surface area contributed by atoms with Crippen LogP contribution in [0.15, 0.2) is 22.3 Å². The highest BCUT2D eigenvalue weighted by atomic mass is 32.1. The SMILES string of the molecule is O=C(O)CCc1cc2n(n1)CCCN(Cc1nc3ccsc3c(=O)[nH]1)C2. The van der Waals surface area contributed by atoms with Gasteiger partial charge in [0.15, 0.2) is 0 Å². The van der Waals surface area contributed by atoms with Crippen LogP contribution in [0.3, 0.4) is 0 Å². The summed E-state index contributed by atoms with van der Waals surface area (Å²) in [6, 6.07) is 3.85. The van der Waals surface area contributed by atoms with Crippen molar-refractivity contribution in [1.29, 1.82) is 0 Å². The number of fused-ring (bicyclic) bond motifs is 2. The predicted molar refractivity (Wildman–Crippen MR) is 97.2 cm³/mol. The molecule has 26 heavy (non-hydrogen) atoms. The molecule has 3 aromatic rings. The minimum absolute atomic E-state index is 0.0872. The van der Waals surface area contributed by atoms with E-state index in [2.05, 4.69) is 20.0 Å². The van der Waals surface area contributed by atoms with Crippen molar-refractivity contribution in [1.82, 2.24) is 24.6 Å². The second-order valence-electron chi connectivity index (χ2n) is 6.46. The molecule has 8 nitrogen and oxygen atoms in total. The standard InChI is InChI=1S/C17H19N5O3S/c23-15(24)3-2-11-8-12-9-21(5-1-6-22(12)20-11)10-14-18-13-4-7-26-16(13)17(25)19-14/h4,7-8H,1-3,5-6,9-10H2,(H,23,24)(H,18,19,25). The average molecular weight is 373 g/mol. The number of carbonyl (C=O) groups is 1. The van der Waals surface area contributed by atoms with Gasteiger partial charge >= 0.3 is 5.97 Å².